The van der Waals surface area contributed by atoms with Crippen molar-refractivity contribution in [2.24, 2.45) is 0 Å². The molecule has 0 bridgehead atoms. The highest BCUT2D eigenvalue weighted by Crippen LogP contribution is 2.19. The first-order valence-corrected chi connectivity index (χ1v) is 5.12. The van der Waals surface area contributed by atoms with E-state index in [2.05, 4.69) is 4.74 Å². The van der Waals surface area contributed by atoms with E-state index in [4.69, 9.17) is 9.84 Å². The maximum atomic E-state index is 11.2. The lowest BCUT2D eigenvalue weighted by atomic mass is 10.1. The van der Waals surface area contributed by atoms with Gasteiger partial charge in [-0.3, -0.25) is 0 Å². The van der Waals surface area contributed by atoms with E-state index in [1.807, 2.05) is 18.2 Å². The van der Waals surface area contributed by atoms with E-state index in [0.29, 0.717) is 12.2 Å². The summed E-state index contributed by atoms with van der Waals surface area (Å²) in [6.45, 7) is 1.68. The second-order valence-electron chi connectivity index (χ2n) is 3.36. The summed E-state index contributed by atoms with van der Waals surface area (Å²) in [5.74, 6) is 0.188. The van der Waals surface area contributed by atoms with Crippen molar-refractivity contribution in [1.29, 1.82) is 0 Å². The van der Waals surface area contributed by atoms with Gasteiger partial charge in [0.15, 0.2) is 6.10 Å². The number of benzene rings is 1. The van der Waals surface area contributed by atoms with E-state index in [1.165, 1.54) is 7.11 Å². The molecular weight excluding hydrogens is 208 g/mol. The number of carbonyl (C=O) groups excluding carboxylic acids is 1. The second kappa shape index (κ2) is 6.12. The lowest BCUT2D eigenvalue weighted by Gasteiger charge is -2.15. The Bertz CT molecular complexity index is 349. The fourth-order valence-corrected chi connectivity index (χ4v) is 1.35. The van der Waals surface area contributed by atoms with E-state index >= 15 is 0 Å². The first-order valence-electron chi connectivity index (χ1n) is 5.12. The normalized spacial score (nSPS) is 11.9. The molecule has 0 aliphatic carbocycles. The molecule has 1 N–H and O–H groups in total. The van der Waals surface area contributed by atoms with Gasteiger partial charge in [0.2, 0.25) is 0 Å². The molecule has 0 fully saturated rings. The van der Waals surface area contributed by atoms with Crippen molar-refractivity contribution >= 4 is 5.97 Å². The smallest absolute Gasteiger partial charge is 0.346 e. The van der Waals surface area contributed by atoms with Crippen LogP contribution in [0.15, 0.2) is 24.3 Å². The molecule has 1 aromatic carbocycles. The van der Waals surface area contributed by atoms with Crippen LogP contribution in [0.3, 0.4) is 0 Å². The fraction of sp³-hybridized carbons (Fsp3) is 0.417. The number of carbonyl (C=O) groups is 1. The molecule has 88 valence electrons. The van der Waals surface area contributed by atoms with E-state index in [-0.39, 0.29) is 6.61 Å². The quantitative estimate of drug-likeness (QED) is 0.762. The molecule has 0 aliphatic rings. The molecule has 0 saturated heterocycles. The molecule has 0 amide bonds. The average molecular weight is 224 g/mol. The van der Waals surface area contributed by atoms with E-state index in [1.54, 1.807) is 13.0 Å². The van der Waals surface area contributed by atoms with Crippen LogP contribution in [0.4, 0.5) is 0 Å². The largest absolute Gasteiger partial charge is 0.479 e. The molecule has 0 radical (unpaired) electrons. The summed E-state index contributed by atoms with van der Waals surface area (Å²) in [7, 11) is 1.32. The van der Waals surface area contributed by atoms with E-state index < -0.39 is 12.1 Å². The van der Waals surface area contributed by atoms with Crippen LogP contribution in [0.5, 0.6) is 5.75 Å². The summed E-state index contributed by atoms with van der Waals surface area (Å²) >= 11 is 0. The van der Waals surface area contributed by atoms with Crippen LogP contribution in [0, 0.1) is 0 Å². The Morgan fingerprint density at radius 2 is 2.12 bits per heavy atom. The molecule has 0 saturated carbocycles. The second-order valence-corrected chi connectivity index (χ2v) is 3.36. The van der Waals surface area contributed by atoms with Gasteiger partial charge in [-0.25, -0.2) is 4.79 Å². The third-order valence-electron chi connectivity index (χ3n) is 2.19. The molecule has 1 rings (SSSR count). The highest BCUT2D eigenvalue weighted by Gasteiger charge is 2.15. The van der Waals surface area contributed by atoms with Crippen molar-refractivity contribution in [2.45, 2.75) is 19.4 Å². The van der Waals surface area contributed by atoms with Gasteiger partial charge >= 0.3 is 5.97 Å². The van der Waals surface area contributed by atoms with Crippen LogP contribution >= 0.6 is 0 Å². The van der Waals surface area contributed by atoms with Gasteiger partial charge < -0.3 is 14.6 Å². The number of aliphatic hydroxyl groups excluding tert-OH is 1. The molecule has 0 unspecified atom stereocenters. The maximum Gasteiger partial charge on any atom is 0.346 e. The highest BCUT2D eigenvalue weighted by molar-refractivity contribution is 5.74. The Kier molecular flexibility index (Phi) is 4.79. The van der Waals surface area contributed by atoms with Crippen LogP contribution in [0.2, 0.25) is 0 Å². The van der Waals surface area contributed by atoms with Gasteiger partial charge in [-0.1, -0.05) is 18.2 Å². The topological polar surface area (TPSA) is 55.8 Å². The molecule has 0 spiro atoms. The molecule has 0 aromatic heterocycles. The number of methoxy groups -OCH3 is 1. The number of esters is 1. The Morgan fingerprint density at radius 3 is 2.75 bits per heavy atom. The predicted octanol–water partition coefficient (Wildman–Crippen LogP) is 1.16. The average Bonchev–Trinajstić information content (AvgIpc) is 2.31. The highest BCUT2D eigenvalue weighted by atomic mass is 16.6. The molecule has 1 aromatic rings. The summed E-state index contributed by atoms with van der Waals surface area (Å²) in [6, 6.07) is 7.31. The molecule has 1 atom stereocenters. The van der Waals surface area contributed by atoms with Crippen molar-refractivity contribution in [3.8, 4) is 5.75 Å². The van der Waals surface area contributed by atoms with Gasteiger partial charge in [-0.2, -0.15) is 0 Å². The first-order chi connectivity index (χ1) is 7.69. The number of para-hydroxylation sites is 1. The van der Waals surface area contributed by atoms with Crippen LogP contribution in [0.1, 0.15) is 12.5 Å². The molecular formula is C12H16O4. The fourth-order valence-electron chi connectivity index (χ4n) is 1.35. The molecule has 0 heterocycles. The first kappa shape index (κ1) is 12.5. The van der Waals surface area contributed by atoms with Crippen LogP contribution < -0.4 is 4.74 Å². The third-order valence-corrected chi connectivity index (χ3v) is 2.19. The lowest BCUT2D eigenvalue weighted by molar-refractivity contribution is -0.147. The van der Waals surface area contributed by atoms with Crippen molar-refractivity contribution < 1.29 is 19.4 Å². The SMILES string of the molecule is COC(=O)[C@@H](C)Oc1ccccc1CCO. The molecule has 16 heavy (non-hydrogen) atoms. The number of hydrogen-bond donors (Lipinski definition) is 1. The molecule has 4 nitrogen and oxygen atoms in total. The van der Waals surface area contributed by atoms with Crippen molar-refractivity contribution in [2.75, 3.05) is 13.7 Å². The minimum absolute atomic E-state index is 0.0486. The zero-order valence-corrected chi connectivity index (χ0v) is 9.47. The van der Waals surface area contributed by atoms with Crippen molar-refractivity contribution in [3.05, 3.63) is 29.8 Å². The summed E-state index contributed by atoms with van der Waals surface area (Å²) < 4.78 is 10.0. The monoisotopic (exact) mass is 224 g/mol. The van der Waals surface area contributed by atoms with Gasteiger partial charge in [0.1, 0.15) is 5.75 Å². The zero-order chi connectivity index (χ0) is 12.0. The predicted molar refractivity (Wildman–Crippen MR) is 59.3 cm³/mol. The molecule has 4 heteroatoms. The van der Waals surface area contributed by atoms with Gasteiger partial charge in [-0.05, 0) is 25.0 Å². The number of aliphatic hydroxyl groups is 1. The van der Waals surface area contributed by atoms with Crippen LogP contribution in [0.25, 0.3) is 0 Å². The summed E-state index contributed by atoms with van der Waals surface area (Å²) in [5, 5.41) is 8.89. The summed E-state index contributed by atoms with van der Waals surface area (Å²) in [5.41, 5.74) is 0.876. The van der Waals surface area contributed by atoms with Gasteiger partial charge in [0, 0.05) is 6.61 Å². The maximum absolute atomic E-state index is 11.2. The van der Waals surface area contributed by atoms with Gasteiger partial charge in [0.05, 0.1) is 7.11 Å². The van der Waals surface area contributed by atoms with E-state index in [9.17, 15) is 4.79 Å². The van der Waals surface area contributed by atoms with Crippen LogP contribution in [-0.4, -0.2) is 30.9 Å². The van der Waals surface area contributed by atoms with E-state index in [0.717, 1.165) is 5.56 Å². The van der Waals surface area contributed by atoms with Gasteiger partial charge in [0.25, 0.3) is 0 Å². The number of hydrogen-bond acceptors (Lipinski definition) is 4. The van der Waals surface area contributed by atoms with Crippen molar-refractivity contribution in [3.63, 3.8) is 0 Å². The minimum Gasteiger partial charge on any atom is -0.479 e. The third kappa shape index (κ3) is 3.24. The van der Waals surface area contributed by atoms with Crippen LogP contribution in [-0.2, 0) is 16.0 Å². The molecule has 0 aliphatic heterocycles. The zero-order valence-electron chi connectivity index (χ0n) is 9.47. The summed E-state index contributed by atoms with van der Waals surface area (Å²) in [6.07, 6.45) is -0.144. The number of rotatable bonds is 5. The Balaban J connectivity index is 2.75. The number of ether oxygens (including phenoxy) is 2. The minimum atomic E-state index is -0.648. The standard InChI is InChI=1S/C12H16O4/c1-9(12(14)15-2)16-11-6-4-3-5-10(11)7-8-13/h3-6,9,13H,7-8H2,1-2H3/t9-/m1/s1. The van der Waals surface area contributed by atoms with Gasteiger partial charge in [-0.15, -0.1) is 0 Å². The Labute approximate surface area is 94.8 Å². The Morgan fingerprint density at radius 1 is 1.44 bits per heavy atom. The summed E-state index contributed by atoms with van der Waals surface area (Å²) in [4.78, 5) is 11.2. The lowest BCUT2D eigenvalue weighted by Crippen LogP contribution is -2.25. The Hall–Kier alpha value is -1.55. The van der Waals surface area contributed by atoms with Crippen molar-refractivity contribution in [1.82, 2.24) is 0 Å².